The quantitative estimate of drug-likeness (QED) is 0.822. The SMILES string of the molecule is CC.CCc1cc(C)nc2ccc(NCC(C)CCO)cc12. The van der Waals surface area contributed by atoms with Crippen molar-refractivity contribution >= 4 is 16.6 Å². The van der Waals surface area contributed by atoms with Gasteiger partial charge in [-0.3, -0.25) is 4.98 Å². The first kappa shape index (κ1) is 18.4. The van der Waals surface area contributed by atoms with Crippen LogP contribution in [0.15, 0.2) is 24.3 Å². The summed E-state index contributed by atoms with van der Waals surface area (Å²) in [4.78, 5) is 4.59. The highest BCUT2D eigenvalue weighted by molar-refractivity contribution is 5.85. The smallest absolute Gasteiger partial charge is 0.0709 e. The molecule has 1 unspecified atom stereocenters. The van der Waals surface area contributed by atoms with Crippen LogP contribution in [-0.4, -0.2) is 23.2 Å². The van der Waals surface area contributed by atoms with Crippen molar-refractivity contribution in [2.24, 2.45) is 5.92 Å². The van der Waals surface area contributed by atoms with Crippen molar-refractivity contribution in [3.8, 4) is 0 Å². The maximum absolute atomic E-state index is 8.93. The molecule has 0 radical (unpaired) electrons. The highest BCUT2D eigenvalue weighted by atomic mass is 16.3. The standard InChI is InChI=1S/C17H24N2O.C2H6/c1-4-14-9-13(3)19-17-6-5-15(10-16(14)17)18-11-12(2)7-8-20;1-2/h5-6,9-10,12,18,20H,4,7-8,11H2,1-3H3;1-2H3. The Kier molecular flexibility index (Phi) is 7.89. The maximum atomic E-state index is 8.93. The Balaban J connectivity index is 0.00000116. The van der Waals surface area contributed by atoms with Crippen molar-refractivity contribution in [3.63, 3.8) is 0 Å². The molecule has 1 aromatic carbocycles. The lowest BCUT2D eigenvalue weighted by Gasteiger charge is -2.13. The van der Waals surface area contributed by atoms with Crippen LogP contribution in [0.5, 0.6) is 0 Å². The number of nitrogens with one attached hydrogen (secondary N) is 1. The van der Waals surface area contributed by atoms with Gasteiger partial charge in [-0.1, -0.05) is 27.7 Å². The van der Waals surface area contributed by atoms with Gasteiger partial charge in [0.25, 0.3) is 0 Å². The first-order valence-electron chi connectivity index (χ1n) is 8.39. The molecule has 0 saturated carbocycles. The highest BCUT2D eigenvalue weighted by Crippen LogP contribution is 2.23. The summed E-state index contributed by atoms with van der Waals surface area (Å²) in [5, 5.41) is 13.6. The molecule has 2 rings (SSSR count). The topological polar surface area (TPSA) is 45.2 Å². The van der Waals surface area contributed by atoms with Crippen molar-refractivity contribution in [2.75, 3.05) is 18.5 Å². The van der Waals surface area contributed by atoms with Gasteiger partial charge < -0.3 is 10.4 Å². The van der Waals surface area contributed by atoms with E-state index in [4.69, 9.17) is 5.11 Å². The van der Waals surface area contributed by atoms with Gasteiger partial charge >= 0.3 is 0 Å². The van der Waals surface area contributed by atoms with E-state index in [1.165, 1.54) is 10.9 Å². The van der Waals surface area contributed by atoms with E-state index < -0.39 is 0 Å². The van der Waals surface area contributed by atoms with Gasteiger partial charge in [0.1, 0.15) is 0 Å². The van der Waals surface area contributed by atoms with Crippen LogP contribution in [0.2, 0.25) is 0 Å². The molecule has 0 fully saturated rings. The molecular formula is C19H30N2O. The zero-order valence-electron chi connectivity index (χ0n) is 14.6. The molecular weight excluding hydrogens is 272 g/mol. The van der Waals surface area contributed by atoms with Crippen LogP contribution in [0.25, 0.3) is 10.9 Å². The lowest BCUT2D eigenvalue weighted by molar-refractivity contribution is 0.266. The van der Waals surface area contributed by atoms with E-state index in [2.05, 4.69) is 48.4 Å². The Morgan fingerprint density at radius 3 is 2.59 bits per heavy atom. The molecule has 3 heteroatoms. The van der Waals surface area contributed by atoms with E-state index in [9.17, 15) is 0 Å². The average Bonchev–Trinajstić information content (AvgIpc) is 2.54. The first-order chi connectivity index (χ1) is 10.6. The van der Waals surface area contributed by atoms with Crippen LogP contribution < -0.4 is 5.32 Å². The minimum atomic E-state index is 0.254. The Hall–Kier alpha value is -1.61. The van der Waals surface area contributed by atoms with Gasteiger partial charge in [-0.2, -0.15) is 0 Å². The van der Waals surface area contributed by atoms with E-state index >= 15 is 0 Å². The van der Waals surface area contributed by atoms with Gasteiger partial charge in [-0.25, -0.2) is 0 Å². The average molecular weight is 302 g/mol. The van der Waals surface area contributed by atoms with Crippen molar-refractivity contribution in [2.45, 2.75) is 47.5 Å². The zero-order chi connectivity index (χ0) is 16.5. The number of anilines is 1. The lowest BCUT2D eigenvalue weighted by Crippen LogP contribution is -2.12. The second kappa shape index (κ2) is 9.42. The summed E-state index contributed by atoms with van der Waals surface area (Å²) < 4.78 is 0. The monoisotopic (exact) mass is 302 g/mol. The molecule has 0 saturated heterocycles. The van der Waals surface area contributed by atoms with Crippen molar-refractivity contribution in [3.05, 3.63) is 35.5 Å². The third kappa shape index (κ3) is 4.99. The van der Waals surface area contributed by atoms with E-state index in [0.29, 0.717) is 5.92 Å². The molecule has 0 amide bonds. The molecule has 122 valence electrons. The van der Waals surface area contributed by atoms with E-state index in [1.54, 1.807) is 0 Å². The highest BCUT2D eigenvalue weighted by Gasteiger charge is 2.05. The normalized spacial score (nSPS) is 11.7. The van der Waals surface area contributed by atoms with Gasteiger partial charge in [0.05, 0.1) is 5.52 Å². The maximum Gasteiger partial charge on any atom is 0.0709 e. The summed E-state index contributed by atoms with van der Waals surface area (Å²) in [6, 6.07) is 8.52. The summed E-state index contributed by atoms with van der Waals surface area (Å²) in [5.41, 5.74) is 4.62. The third-order valence-corrected chi connectivity index (χ3v) is 3.68. The van der Waals surface area contributed by atoms with Crippen LogP contribution in [0, 0.1) is 12.8 Å². The molecule has 3 nitrogen and oxygen atoms in total. The summed E-state index contributed by atoms with van der Waals surface area (Å²) in [6.45, 7) is 11.5. The number of nitrogens with zero attached hydrogens (tertiary/aromatic N) is 1. The van der Waals surface area contributed by atoms with Crippen LogP contribution in [-0.2, 0) is 6.42 Å². The fraction of sp³-hybridized carbons (Fsp3) is 0.526. The van der Waals surface area contributed by atoms with Crippen molar-refractivity contribution in [1.82, 2.24) is 4.98 Å². The van der Waals surface area contributed by atoms with Crippen LogP contribution in [0.4, 0.5) is 5.69 Å². The summed E-state index contributed by atoms with van der Waals surface area (Å²) in [5.74, 6) is 0.470. The number of hydrogen-bond donors (Lipinski definition) is 2. The Labute approximate surface area is 134 Å². The lowest BCUT2D eigenvalue weighted by atomic mass is 10.0. The zero-order valence-corrected chi connectivity index (χ0v) is 14.6. The van der Waals surface area contributed by atoms with E-state index in [-0.39, 0.29) is 6.61 Å². The molecule has 1 heterocycles. The van der Waals surface area contributed by atoms with E-state index in [1.807, 2.05) is 20.8 Å². The number of aliphatic hydroxyl groups excluding tert-OH is 1. The summed E-state index contributed by atoms with van der Waals surface area (Å²) >= 11 is 0. The summed E-state index contributed by atoms with van der Waals surface area (Å²) in [7, 11) is 0. The van der Waals surface area contributed by atoms with Crippen LogP contribution in [0.3, 0.4) is 0 Å². The van der Waals surface area contributed by atoms with Crippen LogP contribution in [0.1, 0.15) is 45.4 Å². The van der Waals surface area contributed by atoms with Gasteiger partial charge in [0, 0.05) is 29.9 Å². The van der Waals surface area contributed by atoms with Crippen molar-refractivity contribution < 1.29 is 5.11 Å². The second-order valence-electron chi connectivity index (χ2n) is 5.51. The number of pyridine rings is 1. The molecule has 1 atom stereocenters. The number of aromatic nitrogens is 1. The number of aliphatic hydroxyl groups is 1. The van der Waals surface area contributed by atoms with E-state index in [0.717, 1.165) is 36.3 Å². The fourth-order valence-corrected chi connectivity index (χ4v) is 2.46. The molecule has 0 aliphatic rings. The Morgan fingerprint density at radius 1 is 1.23 bits per heavy atom. The van der Waals surface area contributed by atoms with Gasteiger partial charge in [-0.05, 0) is 55.5 Å². The molecule has 1 aromatic heterocycles. The number of fused-ring (bicyclic) bond motifs is 1. The largest absolute Gasteiger partial charge is 0.396 e. The molecule has 2 N–H and O–H groups in total. The minimum Gasteiger partial charge on any atom is -0.396 e. The Bertz CT molecular complexity index is 581. The predicted molar refractivity (Wildman–Crippen MR) is 96.6 cm³/mol. The first-order valence-corrected chi connectivity index (χ1v) is 8.39. The van der Waals surface area contributed by atoms with Gasteiger partial charge in [0.15, 0.2) is 0 Å². The van der Waals surface area contributed by atoms with Crippen molar-refractivity contribution in [1.29, 1.82) is 0 Å². The fourth-order valence-electron chi connectivity index (χ4n) is 2.46. The number of benzene rings is 1. The Morgan fingerprint density at radius 2 is 1.95 bits per heavy atom. The molecule has 2 aromatic rings. The minimum absolute atomic E-state index is 0.254. The molecule has 0 spiro atoms. The van der Waals surface area contributed by atoms with Crippen LogP contribution >= 0.6 is 0 Å². The number of rotatable bonds is 6. The predicted octanol–water partition coefficient (Wildman–Crippen LogP) is 4.56. The molecule has 22 heavy (non-hydrogen) atoms. The molecule has 0 aliphatic carbocycles. The third-order valence-electron chi connectivity index (χ3n) is 3.68. The number of hydrogen-bond acceptors (Lipinski definition) is 3. The number of aryl methyl sites for hydroxylation is 2. The second-order valence-corrected chi connectivity index (χ2v) is 5.51. The summed E-state index contributed by atoms with van der Waals surface area (Å²) in [6.07, 6.45) is 1.85. The molecule has 0 aliphatic heterocycles. The van der Waals surface area contributed by atoms with Gasteiger partial charge in [-0.15, -0.1) is 0 Å². The van der Waals surface area contributed by atoms with Gasteiger partial charge in [0.2, 0.25) is 0 Å². The molecule has 0 bridgehead atoms.